The number of ether oxygens (including phenoxy) is 2. The Morgan fingerprint density at radius 2 is 2.27 bits per heavy atom. The molecule has 0 spiro atoms. The van der Waals surface area contributed by atoms with Crippen molar-refractivity contribution in [3.05, 3.63) is 28.8 Å². The Labute approximate surface area is 90.2 Å². The second-order valence-corrected chi connectivity index (χ2v) is 4.12. The van der Waals surface area contributed by atoms with E-state index in [1.165, 1.54) is 16.7 Å². The van der Waals surface area contributed by atoms with Gasteiger partial charge >= 0.3 is 0 Å². The summed E-state index contributed by atoms with van der Waals surface area (Å²) in [6.45, 7) is 5.13. The van der Waals surface area contributed by atoms with Crippen molar-refractivity contribution in [1.29, 1.82) is 0 Å². The third-order valence-corrected chi connectivity index (χ3v) is 2.75. The first kappa shape index (κ1) is 10.5. The number of benzene rings is 1. The summed E-state index contributed by atoms with van der Waals surface area (Å²) in [4.78, 5) is 0. The predicted octanol–water partition coefficient (Wildman–Crippen LogP) is 1.75. The average molecular weight is 207 g/mol. The highest BCUT2D eigenvalue weighted by molar-refractivity contribution is 5.45. The van der Waals surface area contributed by atoms with Crippen molar-refractivity contribution in [2.24, 2.45) is 5.73 Å². The maximum atomic E-state index is 5.81. The molecular formula is C12H17NO2. The minimum atomic E-state index is 0.187. The Morgan fingerprint density at radius 3 is 3.00 bits per heavy atom. The molecule has 0 aromatic heterocycles. The van der Waals surface area contributed by atoms with Crippen molar-refractivity contribution < 1.29 is 9.47 Å². The van der Waals surface area contributed by atoms with Crippen molar-refractivity contribution in [3.8, 4) is 5.75 Å². The third kappa shape index (κ3) is 2.13. The van der Waals surface area contributed by atoms with Crippen molar-refractivity contribution in [3.63, 3.8) is 0 Å². The monoisotopic (exact) mass is 207 g/mol. The van der Waals surface area contributed by atoms with Crippen molar-refractivity contribution in [2.45, 2.75) is 32.9 Å². The van der Waals surface area contributed by atoms with E-state index in [0.29, 0.717) is 13.4 Å². The molecule has 1 aliphatic heterocycles. The van der Waals surface area contributed by atoms with E-state index >= 15 is 0 Å². The predicted molar refractivity (Wildman–Crippen MR) is 58.8 cm³/mol. The molecule has 1 heterocycles. The van der Waals surface area contributed by atoms with Gasteiger partial charge in [0.05, 0.1) is 6.61 Å². The van der Waals surface area contributed by atoms with Crippen LogP contribution < -0.4 is 10.5 Å². The van der Waals surface area contributed by atoms with Gasteiger partial charge in [0.2, 0.25) is 0 Å². The van der Waals surface area contributed by atoms with Crippen molar-refractivity contribution in [1.82, 2.24) is 0 Å². The highest BCUT2D eigenvalue weighted by atomic mass is 16.7. The van der Waals surface area contributed by atoms with Crippen molar-refractivity contribution >= 4 is 0 Å². The van der Waals surface area contributed by atoms with Gasteiger partial charge in [-0.15, -0.1) is 0 Å². The number of hydrogen-bond acceptors (Lipinski definition) is 3. The maximum Gasteiger partial charge on any atom is 0.189 e. The summed E-state index contributed by atoms with van der Waals surface area (Å²) in [5.41, 5.74) is 9.52. The molecular weight excluding hydrogens is 190 g/mol. The molecule has 2 N–H and O–H groups in total. The van der Waals surface area contributed by atoms with Gasteiger partial charge in [0.15, 0.2) is 6.79 Å². The molecule has 3 nitrogen and oxygen atoms in total. The zero-order valence-electron chi connectivity index (χ0n) is 9.25. The molecule has 0 fully saturated rings. The lowest BCUT2D eigenvalue weighted by Gasteiger charge is -2.21. The molecule has 1 atom stereocenters. The lowest BCUT2D eigenvalue weighted by molar-refractivity contribution is -0.0167. The maximum absolute atomic E-state index is 5.81. The summed E-state index contributed by atoms with van der Waals surface area (Å²) in [5, 5.41) is 0. The van der Waals surface area contributed by atoms with Crippen LogP contribution in [0, 0.1) is 6.92 Å². The Balaban J connectivity index is 2.34. The molecule has 1 aliphatic rings. The van der Waals surface area contributed by atoms with Crippen LogP contribution in [0.25, 0.3) is 0 Å². The van der Waals surface area contributed by atoms with E-state index in [9.17, 15) is 0 Å². The van der Waals surface area contributed by atoms with Gasteiger partial charge in [0, 0.05) is 11.6 Å². The van der Waals surface area contributed by atoms with Gasteiger partial charge in [-0.1, -0.05) is 6.07 Å². The van der Waals surface area contributed by atoms with Crippen LogP contribution in [0.5, 0.6) is 5.75 Å². The van der Waals surface area contributed by atoms with Crippen LogP contribution >= 0.6 is 0 Å². The topological polar surface area (TPSA) is 44.5 Å². The first-order valence-electron chi connectivity index (χ1n) is 5.26. The summed E-state index contributed by atoms with van der Waals surface area (Å²) < 4.78 is 10.7. The van der Waals surface area contributed by atoms with E-state index in [2.05, 4.69) is 13.0 Å². The van der Waals surface area contributed by atoms with Crippen LogP contribution in [-0.4, -0.2) is 12.8 Å². The lowest BCUT2D eigenvalue weighted by Crippen LogP contribution is -2.20. The minimum Gasteiger partial charge on any atom is -0.467 e. The van der Waals surface area contributed by atoms with Gasteiger partial charge in [-0.25, -0.2) is 0 Å². The molecule has 0 saturated carbocycles. The van der Waals surface area contributed by atoms with E-state index in [1.807, 2.05) is 13.0 Å². The van der Waals surface area contributed by atoms with Gasteiger partial charge in [-0.05, 0) is 37.5 Å². The van der Waals surface area contributed by atoms with E-state index in [-0.39, 0.29) is 6.04 Å². The first-order valence-corrected chi connectivity index (χ1v) is 5.26. The number of hydrogen-bond donors (Lipinski definition) is 1. The summed E-state index contributed by atoms with van der Waals surface area (Å²) in [6.07, 6.45) is 0.902. The standard InChI is InChI=1S/C12H17NO2/c1-8(13)5-10-3-4-12-11(9(10)2)6-14-7-15-12/h3-4,8H,5-7,13H2,1-2H3. The van der Waals surface area contributed by atoms with E-state index in [1.54, 1.807) is 0 Å². The molecule has 3 heteroatoms. The number of rotatable bonds is 2. The summed E-state index contributed by atoms with van der Waals surface area (Å²) >= 11 is 0. The quantitative estimate of drug-likeness (QED) is 0.803. The Kier molecular flexibility index (Phi) is 2.93. The second-order valence-electron chi connectivity index (χ2n) is 4.12. The van der Waals surface area contributed by atoms with Crippen LogP contribution in [0.2, 0.25) is 0 Å². The number of fused-ring (bicyclic) bond motifs is 1. The molecule has 1 aromatic rings. The molecule has 0 amide bonds. The molecule has 0 bridgehead atoms. The summed E-state index contributed by atoms with van der Waals surface area (Å²) in [7, 11) is 0. The lowest BCUT2D eigenvalue weighted by atomic mass is 9.97. The van der Waals surface area contributed by atoms with Crippen LogP contribution in [0.1, 0.15) is 23.6 Å². The van der Waals surface area contributed by atoms with E-state index < -0.39 is 0 Å². The second kappa shape index (κ2) is 4.21. The van der Waals surface area contributed by atoms with Crippen LogP contribution in [0.15, 0.2) is 12.1 Å². The van der Waals surface area contributed by atoms with Crippen LogP contribution in [0.3, 0.4) is 0 Å². The fourth-order valence-corrected chi connectivity index (χ4v) is 1.91. The molecule has 2 rings (SSSR count). The highest BCUT2D eigenvalue weighted by Crippen LogP contribution is 2.29. The Hall–Kier alpha value is -1.06. The molecule has 0 aliphatic carbocycles. The Bertz CT molecular complexity index is 361. The SMILES string of the molecule is Cc1c(CC(C)N)ccc2c1COCO2. The van der Waals surface area contributed by atoms with Gasteiger partial charge in [0.25, 0.3) is 0 Å². The zero-order chi connectivity index (χ0) is 10.8. The zero-order valence-corrected chi connectivity index (χ0v) is 9.25. The smallest absolute Gasteiger partial charge is 0.189 e. The van der Waals surface area contributed by atoms with Crippen molar-refractivity contribution in [2.75, 3.05) is 6.79 Å². The van der Waals surface area contributed by atoms with Gasteiger partial charge in [-0.3, -0.25) is 0 Å². The Morgan fingerprint density at radius 1 is 1.47 bits per heavy atom. The molecule has 82 valence electrons. The molecule has 1 unspecified atom stereocenters. The highest BCUT2D eigenvalue weighted by Gasteiger charge is 2.15. The van der Waals surface area contributed by atoms with Crippen LogP contribution in [-0.2, 0) is 17.8 Å². The van der Waals surface area contributed by atoms with Gasteiger partial charge in [0.1, 0.15) is 5.75 Å². The van der Waals surface area contributed by atoms with E-state index in [0.717, 1.165) is 12.2 Å². The van der Waals surface area contributed by atoms with Crippen LogP contribution in [0.4, 0.5) is 0 Å². The largest absolute Gasteiger partial charge is 0.467 e. The molecule has 15 heavy (non-hydrogen) atoms. The fourth-order valence-electron chi connectivity index (χ4n) is 1.91. The van der Waals surface area contributed by atoms with Gasteiger partial charge < -0.3 is 15.2 Å². The third-order valence-electron chi connectivity index (χ3n) is 2.75. The fraction of sp³-hybridized carbons (Fsp3) is 0.500. The average Bonchev–Trinajstić information content (AvgIpc) is 2.22. The van der Waals surface area contributed by atoms with E-state index in [4.69, 9.17) is 15.2 Å². The minimum absolute atomic E-state index is 0.187. The normalized spacial score (nSPS) is 16.7. The number of nitrogens with two attached hydrogens (primary N) is 1. The first-order chi connectivity index (χ1) is 7.18. The molecule has 1 aromatic carbocycles. The van der Waals surface area contributed by atoms with Gasteiger partial charge in [-0.2, -0.15) is 0 Å². The molecule has 0 radical (unpaired) electrons. The summed E-state index contributed by atoms with van der Waals surface area (Å²) in [5.74, 6) is 0.951. The molecule has 0 saturated heterocycles. The summed E-state index contributed by atoms with van der Waals surface area (Å²) in [6, 6.07) is 4.30.